The summed E-state index contributed by atoms with van der Waals surface area (Å²) in [6.07, 6.45) is 1.50. The average Bonchev–Trinajstić information content (AvgIpc) is 2.74. The lowest BCUT2D eigenvalue weighted by molar-refractivity contribution is 0.0697. The third kappa shape index (κ3) is 1.79. The van der Waals surface area contributed by atoms with Crippen LogP contribution >= 0.6 is 23.2 Å². The van der Waals surface area contributed by atoms with E-state index in [0.29, 0.717) is 11.3 Å². The first-order valence-electron chi connectivity index (χ1n) is 4.36. The Balaban J connectivity index is 2.60. The summed E-state index contributed by atoms with van der Waals surface area (Å²) >= 11 is 11.8. The summed E-state index contributed by atoms with van der Waals surface area (Å²) in [7, 11) is 0. The molecule has 16 heavy (non-hydrogen) atoms. The SMILES string of the molecule is O=C(O)c1ccc(-c2ccco2)c(Cl)c1Cl. The van der Waals surface area contributed by atoms with E-state index in [1.165, 1.54) is 12.3 Å². The van der Waals surface area contributed by atoms with Crippen LogP contribution in [0.25, 0.3) is 11.3 Å². The maximum Gasteiger partial charge on any atom is 0.337 e. The zero-order valence-corrected chi connectivity index (χ0v) is 9.42. The van der Waals surface area contributed by atoms with Gasteiger partial charge in [-0.2, -0.15) is 0 Å². The highest BCUT2D eigenvalue weighted by Crippen LogP contribution is 2.35. The molecule has 0 amide bonds. The van der Waals surface area contributed by atoms with Gasteiger partial charge in [0.05, 0.1) is 21.9 Å². The number of furan rings is 1. The van der Waals surface area contributed by atoms with Gasteiger partial charge in [0.15, 0.2) is 0 Å². The highest BCUT2D eigenvalue weighted by molar-refractivity contribution is 6.45. The zero-order valence-electron chi connectivity index (χ0n) is 7.91. The largest absolute Gasteiger partial charge is 0.478 e. The molecule has 0 saturated carbocycles. The minimum absolute atomic E-state index is 0.0167. The van der Waals surface area contributed by atoms with E-state index in [1.807, 2.05) is 0 Å². The highest BCUT2D eigenvalue weighted by atomic mass is 35.5. The third-order valence-electron chi connectivity index (χ3n) is 2.10. The number of hydrogen-bond acceptors (Lipinski definition) is 2. The molecule has 5 heteroatoms. The molecule has 0 fully saturated rings. The van der Waals surface area contributed by atoms with E-state index in [1.54, 1.807) is 18.2 Å². The Bertz CT molecular complexity index is 532. The minimum Gasteiger partial charge on any atom is -0.478 e. The van der Waals surface area contributed by atoms with Crippen molar-refractivity contribution in [3.63, 3.8) is 0 Å². The summed E-state index contributed by atoms with van der Waals surface area (Å²) < 4.78 is 5.17. The summed E-state index contributed by atoms with van der Waals surface area (Å²) in [5, 5.41) is 9.04. The average molecular weight is 257 g/mol. The van der Waals surface area contributed by atoms with E-state index in [0.717, 1.165) is 0 Å². The van der Waals surface area contributed by atoms with E-state index < -0.39 is 5.97 Å². The fraction of sp³-hybridized carbons (Fsp3) is 0. The van der Waals surface area contributed by atoms with Crippen molar-refractivity contribution in [3.8, 4) is 11.3 Å². The van der Waals surface area contributed by atoms with Gasteiger partial charge in [-0.3, -0.25) is 0 Å². The smallest absolute Gasteiger partial charge is 0.337 e. The number of carbonyl (C=O) groups is 1. The van der Waals surface area contributed by atoms with E-state index in [4.69, 9.17) is 32.7 Å². The van der Waals surface area contributed by atoms with E-state index in [2.05, 4.69) is 0 Å². The Hall–Kier alpha value is -1.45. The molecular formula is C11H6Cl2O3. The predicted molar refractivity (Wildman–Crippen MR) is 61.1 cm³/mol. The van der Waals surface area contributed by atoms with Gasteiger partial charge in [0.1, 0.15) is 5.76 Å². The molecule has 0 aliphatic heterocycles. The fourth-order valence-electron chi connectivity index (χ4n) is 1.34. The van der Waals surface area contributed by atoms with Crippen LogP contribution in [0, 0.1) is 0 Å². The summed E-state index contributed by atoms with van der Waals surface area (Å²) in [5.74, 6) is -0.568. The van der Waals surface area contributed by atoms with Crippen LogP contribution in [-0.2, 0) is 0 Å². The lowest BCUT2D eigenvalue weighted by Gasteiger charge is -2.05. The van der Waals surface area contributed by atoms with Crippen molar-refractivity contribution in [3.05, 3.63) is 46.1 Å². The molecule has 0 spiro atoms. The van der Waals surface area contributed by atoms with Gasteiger partial charge < -0.3 is 9.52 Å². The van der Waals surface area contributed by atoms with Crippen LogP contribution in [0.2, 0.25) is 10.0 Å². The number of carboxylic acids is 1. The number of benzene rings is 1. The Labute approximate surface area is 101 Å². The van der Waals surface area contributed by atoms with Crippen molar-refractivity contribution in [1.29, 1.82) is 0 Å². The molecule has 2 aromatic rings. The Morgan fingerprint density at radius 3 is 2.50 bits per heavy atom. The van der Waals surface area contributed by atoms with Crippen LogP contribution in [0.3, 0.4) is 0 Å². The van der Waals surface area contributed by atoms with Crippen molar-refractivity contribution in [2.45, 2.75) is 0 Å². The fourth-order valence-corrected chi connectivity index (χ4v) is 1.84. The monoisotopic (exact) mass is 256 g/mol. The van der Waals surface area contributed by atoms with Gasteiger partial charge in [-0.05, 0) is 24.3 Å². The molecule has 0 radical (unpaired) electrons. The maximum atomic E-state index is 10.8. The van der Waals surface area contributed by atoms with Crippen molar-refractivity contribution < 1.29 is 14.3 Å². The Morgan fingerprint density at radius 2 is 1.94 bits per heavy atom. The molecule has 3 nitrogen and oxygen atoms in total. The first kappa shape index (κ1) is 11.0. The minimum atomic E-state index is -1.11. The second-order valence-corrected chi connectivity index (χ2v) is 3.83. The van der Waals surface area contributed by atoms with Crippen LogP contribution in [0.1, 0.15) is 10.4 Å². The van der Waals surface area contributed by atoms with Gasteiger partial charge >= 0.3 is 5.97 Å². The molecule has 1 N–H and O–H groups in total. The van der Waals surface area contributed by atoms with Gasteiger partial charge in [0, 0.05) is 5.56 Å². The molecular weight excluding hydrogens is 251 g/mol. The van der Waals surface area contributed by atoms with Gasteiger partial charge in [0.25, 0.3) is 0 Å². The van der Waals surface area contributed by atoms with Crippen LogP contribution < -0.4 is 0 Å². The maximum absolute atomic E-state index is 10.8. The molecule has 2 rings (SSSR count). The second kappa shape index (κ2) is 4.20. The van der Waals surface area contributed by atoms with E-state index >= 15 is 0 Å². The highest BCUT2D eigenvalue weighted by Gasteiger charge is 2.16. The Kier molecular flexibility index (Phi) is 2.90. The first-order chi connectivity index (χ1) is 7.61. The van der Waals surface area contributed by atoms with Gasteiger partial charge in [-0.25, -0.2) is 4.79 Å². The molecule has 1 aromatic carbocycles. The van der Waals surface area contributed by atoms with E-state index in [9.17, 15) is 4.79 Å². The quantitative estimate of drug-likeness (QED) is 0.885. The van der Waals surface area contributed by atoms with Gasteiger partial charge in [-0.15, -0.1) is 0 Å². The summed E-state index contributed by atoms with van der Waals surface area (Å²) in [6.45, 7) is 0. The molecule has 0 aliphatic carbocycles. The van der Waals surface area contributed by atoms with Crippen LogP contribution in [-0.4, -0.2) is 11.1 Å². The molecule has 0 aliphatic rings. The van der Waals surface area contributed by atoms with Crippen LogP contribution in [0.5, 0.6) is 0 Å². The molecule has 1 heterocycles. The number of halogens is 2. The third-order valence-corrected chi connectivity index (χ3v) is 2.98. The molecule has 0 bridgehead atoms. The van der Waals surface area contributed by atoms with Crippen molar-refractivity contribution in [1.82, 2.24) is 0 Å². The van der Waals surface area contributed by atoms with Crippen molar-refractivity contribution in [2.24, 2.45) is 0 Å². The standard InChI is InChI=1S/C11H6Cl2O3/c12-9-6(8-2-1-5-16-8)3-4-7(10(9)13)11(14)15/h1-5H,(H,14,15). The summed E-state index contributed by atoms with van der Waals surface area (Å²) in [6, 6.07) is 6.40. The lowest BCUT2D eigenvalue weighted by atomic mass is 10.1. The first-order valence-corrected chi connectivity index (χ1v) is 5.12. The van der Waals surface area contributed by atoms with Crippen LogP contribution in [0.15, 0.2) is 34.9 Å². The molecule has 0 atom stereocenters. The van der Waals surface area contributed by atoms with Crippen LogP contribution in [0.4, 0.5) is 0 Å². The number of rotatable bonds is 2. The second-order valence-electron chi connectivity index (χ2n) is 3.07. The van der Waals surface area contributed by atoms with Gasteiger partial charge in [0.2, 0.25) is 0 Å². The van der Waals surface area contributed by atoms with Gasteiger partial charge in [-0.1, -0.05) is 23.2 Å². The molecule has 0 unspecified atom stereocenters. The van der Waals surface area contributed by atoms with Crippen molar-refractivity contribution >= 4 is 29.2 Å². The molecule has 0 saturated heterocycles. The zero-order chi connectivity index (χ0) is 11.7. The van der Waals surface area contributed by atoms with Crippen molar-refractivity contribution in [2.75, 3.05) is 0 Å². The number of hydrogen-bond donors (Lipinski definition) is 1. The molecule has 1 aromatic heterocycles. The summed E-state index contributed by atoms with van der Waals surface area (Å²) in [5.41, 5.74) is 0.545. The van der Waals surface area contributed by atoms with E-state index in [-0.39, 0.29) is 15.6 Å². The number of aromatic carboxylic acids is 1. The predicted octanol–water partition coefficient (Wildman–Crippen LogP) is 3.95. The Morgan fingerprint density at radius 1 is 1.19 bits per heavy atom. The topological polar surface area (TPSA) is 50.4 Å². The lowest BCUT2D eigenvalue weighted by Crippen LogP contribution is -1.98. The normalized spacial score (nSPS) is 10.4. The number of carboxylic acid groups (broad SMARTS) is 1. The summed E-state index contributed by atoms with van der Waals surface area (Å²) in [4.78, 5) is 10.8. The molecule has 82 valence electrons.